The Bertz CT molecular complexity index is 875. The standard InChI is InChI=1S/C17H13N3O2S/c1-11-14(19-16(22-11)12-5-3-2-4-6-12)9-15(21)20-17-13(10-18)7-8-23-17/h2-8H,9H2,1H3,(H,20,21). The SMILES string of the molecule is Cc1oc(-c2ccccc2)nc1CC(=O)Nc1sccc1C#N. The summed E-state index contributed by atoms with van der Waals surface area (Å²) in [6.45, 7) is 1.79. The molecule has 23 heavy (non-hydrogen) atoms. The van der Waals surface area contributed by atoms with Gasteiger partial charge in [0, 0.05) is 5.56 Å². The number of nitrogens with one attached hydrogen (secondary N) is 1. The van der Waals surface area contributed by atoms with Gasteiger partial charge in [0.25, 0.3) is 0 Å². The number of nitrogens with zero attached hydrogens (tertiary/aromatic N) is 2. The van der Waals surface area contributed by atoms with Gasteiger partial charge in [0.05, 0.1) is 17.7 Å². The summed E-state index contributed by atoms with van der Waals surface area (Å²) in [5.41, 5.74) is 1.92. The Labute approximate surface area is 137 Å². The molecule has 0 aliphatic carbocycles. The third kappa shape index (κ3) is 3.30. The Hall–Kier alpha value is -2.91. The van der Waals surface area contributed by atoms with Gasteiger partial charge in [0.15, 0.2) is 0 Å². The first-order valence-electron chi connectivity index (χ1n) is 6.96. The zero-order valence-corrected chi connectivity index (χ0v) is 13.2. The van der Waals surface area contributed by atoms with Crippen LogP contribution in [0.1, 0.15) is 17.0 Å². The molecule has 0 radical (unpaired) electrons. The molecule has 6 heteroatoms. The maximum Gasteiger partial charge on any atom is 0.231 e. The van der Waals surface area contributed by atoms with Crippen molar-refractivity contribution in [3.63, 3.8) is 0 Å². The number of hydrogen-bond donors (Lipinski definition) is 1. The largest absolute Gasteiger partial charge is 0.441 e. The van der Waals surface area contributed by atoms with Gasteiger partial charge < -0.3 is 9.73 Å². The van der Waals surface area contributed by atoms with Crippen molar-refractivity contribution in [1.82, 2.24) is 4.98 Å². The average Bonchev–Trinajstić information content (AvgIpc) is 3.15. The summed E-state index contributed by atoms with van der Waals surface area (Å²) in [6.07, 6.45) is 0.102. The number of rotatable bonds is 4. The minimum atomic E-state index is -0.222. The van der Waals surface area contributed by atoms with Gasteiger partial charge in [-0.25, -0.2) is 4.98 Å². The molecule has 0 aliphatic heterocycles. The number of hydrogen-bond acceptors (Lipinski definition) is 5. The van der Waals surface area contributed by atoms with E-state index in [1.807, 2.05) is 36.4 Å². The summed E-state index contributed by atoms with van der Waals surface area (Å²) in [5, 5.41) is 14.0. The van der Waals surface area contributed by atoms with Gasteiger partial charge in [0.2, 0.25) is 11.8 Å². The van der Waals surface area contributed by atoms with Crippen molar-refractivity contribution in [3.05, 3.63) is 58.8 Å². The molecular weight excluding hydrogens is 310 g/mol. The van der Waals surface area contributed by atoms with Crippen LogP contribution in [0.2, 0.25) is 0 Å². The maximum absolute atomic E-state index is 12.2. The van der Waals surface area contributed by atoms with E-state index in [9.17, 15) is 4.79 Å². The Kier molecular flexibility index (Phi) is 4.22. The first kappa shape index (κ1) is 15.0. The number of nitriles is 1. The molecule has 1 N–H and O–H groups in total. The highest BCUT2D eigenvalue weighted by atomic mass is 32.1. The lowest BCUT2D eigenvalue weighted by Crippen LogP contribution is -2.15. The number of carbonyl (C=O) groups is 1. The fraction of sp³-hybridized carbons (Fsp3) is 0.118. The lowest BCUT2D eigenvalue weighted by Gasteiger charge is -2.01. The summed E-state index contributed by atoms with van der Waals surface area (Å²) >= 11 is 1.32. The number of anilines is 1. The van der Waals surface area contributed by atoms with Gasteiger partial charge in [0.1, 0.15) is 16.8 Å². The van der Waals surface area contributed by atoms with Crippen molar-refractivity contribution < 1.29 is 9.21 Å². The average molecular weight is 323 g/mol. The molecule has 1 aromatic carbocycles. The normalized spacial score (nSPS) is 10.3. The molecule has 0 saturated heterocycles. The van der Waals surface area contributed by atoms with Crippen LogP contribution in [0.3, 0.4) is 0 Å². The molecule has 2 aromatic heterocycles. The summed E-state index contributed by atoms with van der Waals surface area (Å²) in [6, 6.07) is 13.3. The first-order chi connectivity index (χ1) is 11.2. The quantitative estimate of drug-likeness (QED) is 0.793. The van der Waals surface area contributed by atoms with Crippen molar-refractivity contribution in [2.45, 2.75) is 13.3 Å². The van der Waals surface area contributed by atoms with Crippen LogP contribution in [0.25, 0.3) is 11.5 Å². The van der Waals surface area contributed by atoms with Crippen molar-refractivity contribution in [2.24, 2.45) is 0 Å². The van der Waals surface area contributed by atoms with Gasteiger partial charge in [-0.3, -0.25) is 4.79 Å². The fourth-order valence-corrected chi connectivity index (χ4v) is 2.87. The Morgan fingerprint density at radius 2 is 2.13 bits per heavy atom. The van der Waals surface area contributed by atoms with Crippen molar-refractivity contribution in [3.8, 4) is 17.5 Å². The number of oxazole rings is 1. The van der Waals surface area contributed by atoms with E-state index in [0.717, 1.165) is 5.56 Å². The second-order valence-electron chi connectivity index (χ2n) is 4.89. The predicted octanol–water partition coefficient (Wildman–Crippen LogP) is 3.76. The lowest BCUT2D eigenvalue weighted by atomic mass is 10.2. The molecule has 2 heterocycles. The zero-order chi connectivity index (χ0) is 16.2. The fourth-order valence-electron chi connectivity index (χ4n) is 2.11. The van der Waals surface area contributed by atoms with Crippen molar-refractivity contribution >= 4 is 22.2 Å². The number of thiophene rings is 1. The smallest absolute Gasteiger partial charge is 0.231 e. The molecule has 3 rings (SSSR count). The Morgan fingerprint density at radius 3 is 2.87 bits per heavy atom. The summed E-state index contributed by atoms with van der Waals surface area (Å²) in [4.78, 5) is 16.6. The molecular formula is C17H13N3O2S. The summed E-state index contributed by atoms with van der Waals surface area (Å²) in [5.74, 6) is 0.894. The molecule has 0 spiro atoms. The number of aromatic nitrogens is 1. The van der Waals surface area contributed by atoms with E-state index in [1.165, 1.54) is 11.3 Å². The van der Waals surface area contributed by atoms with Crippen LogP contribution in [0.5, 0.6) is 0 Å². The van der Waals surface area contributed by atoms with Crippen molar-refractivity contribution in [2.75, 3.05) is 5.32 Å². The highest BCUT2D eigenvalue weighted by Gasteiger charge is 2.16. The number of benzene rings is 1. The maximum atomic E-state index is 12.2. The second kappa shape index (κ2) is 6.46. The minimum Gasteiger partial charge on any atom is -0.441 e. The van der Waals surface area contributed by atoms with Gasteiger partial charge >= 0.3 is 0 Å². The van der Waals surface area contributed by atoms with E-state index in [-0.39, 0.29) is 12.3 Å². The molecule has 0 unspecified atom stereocenters. The second-order valence-corrected chi connectivity index (χ2v) is 5.80. The monoisotopic (exact) mass is 323 g/mol. The summed E-state index contributed by atoms with van der Waals surface area (Å²) in [7, 11) is 0. The zero-order valence-electron chi connectivity index (χ0n) is 12.4. The lowest BCUT2D eigenvalue weighted by molar-refractivity contribution is -0.115. The van der Waals surface area contributed by atoms with Gasteiger partial charge in [-0.15, -0.1) is 11.3 Å². The van der Waals surface area contributed by atoms with Crippen LogP contribution in [0, 0.1) is 18.3 Å². The minimum absolute atomic E-state index is 0.102. The third-order valence-electron chi connectivity index (χ3n) is 3.28. The topological polar surface area (TPSA) is 78.9 Å². The van der Waals surface area contributed by atoms with Crippen LogP contribution in [-0.4, -0.2) is 10.9 Å². The molecule has 0 aliphatic rings. The predicted molar refractivity (Wildman–Crippen MR) is 88.0 cm³/mol. The molecule has 1 amide bonds. The van der Waals surface area contributed by atoms with E-state index < -0.39 is 0 Å². The van der Waals surface area contributed by atoms with E-state index in [1.54, 1.807) is 18.4 Å². The van der Waals surface area contributed by atoms with E-state index in [2.05, 4.69) is 10.3 Å². The van der Waals surface area contributed by atoms with Crippen LogP contribution < -0.4 is 5.32 Å². The highest BCUT2D eigenvalue weighted by Crippen LogP contribution is 2.24. The Balaban J connectivity index is 1.75. The van der Waals surface area contributed by atoms with Gasteiger partial charge in [-0.2, -0.15) is 5.26 Å². The van der Waals surface area contributed by atoms with Crippen LogP contribution in [-0.2, 0) is 11.2 Å². The van der Waals surface area contributed by atoms with E-state index in [0.29, 0.717) is 27.9 Å². The molecule has 0 fully saturated rings. The third-order valence-corrected chi connectivity index (χ3v) is 4.11. The van der Waals surface area contributed by atoms with E-state index >= 15 is 0 Å². The summed E-state index contributed by atoms with van der Waals surface area (Å²) < 4.78 is 5.64. The van der Waals surface area contributed by atoms with Crippen LogP contribution >= 0.6 is 11.3 Å². The Morgan fingerprint density at radius 1 is 1.35 bits per heavy atom. The van der Waals surface area contributed by atoms with Gasteiger partial charge in [-0.1, -0.05) is 18.2 Å². The van der Waals surface area contributed by atoms with Gasteiger partial charge in [-0.05, 0) is 30.5 Å². The van der Waals surface area contributed by atoms with Crippen LogP contribution in [0.15, 0.2) is 46.2 Å². The first-order valence-corrected chi connectivity index (χ1v) is 7.84. The van der Waals surface area contributed by atoms with Crippen molar-refractivity contribution in [1.29, 1.82) is 5.26 Å². The molecule has 0 atom stereocenters. The molecule has 5 nitrogen and oxygen atoms in total. The highest BCUT2D eigenvalue weighted by molar-refractivity contribution is 7.14. The van der Waals surface area contributed by atoms with Crippen LogP contribution in [0.4, 0.5) is 5.00 Å². The van der Waals surface area contributed by atoms with E-state index in [4.69, 9.17) is 9.68 Å². The molecule has 0 saturated carbocycles. The number of carbonyl (C=O) groups excluding carboxylic acids is 1. The number of amides is 1. The molecule has 114 valence electrons. The number of aryl methyl sites for hydroxylation is 1. The molecule has 0 bridgehead atoms. The molecule has 3 aromatic rings.